The van der Waals surface area contributed by atoms with Crippen molar-refractivity contribution in [2.45, 2.75) is 0 Å². The Kier molecular flexibility index (Phi) is 1.88. The molecule has 0 bridgehead atoms. The molecule has 2 heteroatoms. The van der Waals surface area contributed by atoms with Gasteiger partial charge in [-0.1, -0.05) is 0 Å². The Hall–Kier alpha value is -1.24. The number of rotatable bonds is 0. The first-order valence-corrected chi connectivity index (χ1v) is 5.87. The molecule has 1 nitrogen and oxygen atoms in total. The zero-order chi connectivity index (χ0) is 10.4. The molecule has 74 valence electrons. The molecule has 0 fully saturated rings. The predicted octanol–water partition coefficient (Wildman–Crippen LogP) is 1.86. The molecule has 3 rings (SSSR count). The van der Waals surface area contributed by atoms with Crippen molar-refractivity contribution in [1.82, 2.24) is 4.57 Å². The van der Waals surface area contributed by atoms with Crippen LogP contribution in [0.1, 0.15) is 0 Å². The first-order valence-electron chi connectivity index (χ1n) is 4.93. The van der Waals surface area contributed by atoms with Gasteiger partial charge in [-0.25, -0.2) is 0 Å². The summed E-state index contributed by atoms with van der Waals surface area (Å²) in [6, 6.07) is 15.1. The van der Waals surface area contributed by atoms with Gasteiger partial charge in [-0.2, -0.15) is 0 Å². The minimum absolute atomic E-state index is 1.25. The van der Waals surface area contributed by atoms with Crippen molar-refractivity contribution in [2.75, 3.05) is 0 Å². The van der Waals surface area contributed by atoms with Crippen molar-refractivity contribution in [2.24, 2.45) is 7.05 Å². The van der Waals surface area contributed by atoms with Crippen LogP contribution in [0, 0.1) is 0 Å². The molecule has 0 radical (unpaired) electrons. The Morgan fingerprint density at radius 2 is 1.67 bits per heavy atom. The van der Waals surface area contributed by atoms with E-state index in [0.717, 1.165) is 0 Å². The van der Waals surface area contributed by atoms with Crippen LogP contribution in [0.5, 0.6) is 0 Å². The third-order valence-corrected chi connectivity index (χ3v) is 3.48. The summed E-state index contributed by atoms with van der Waals surface area (Å²) in [4.78, 5) is 0. The van der Waals surface area contributed by atoms with E-state index in [0.29, 0.717) is 0 Å². The second-order valence-corrected chi connectivity index (χ2v) is 4.86. The Morgan fingerprint density at radius 1 is 0.933 bits per heavy atom. The van der Waals surface area contributed by atoms with Gasteiger partial charge in [-0.05, 0) is 0 Å². The Labute approximate surface area is 96.5 Å². The van der Waals surface area contributed by atoms with Gasteiger partial charge < -0.3 is 0 Å². The second kappa shape index (κ2) is 3.13. The van der Waals surface area contributed by atoms with Gasteiger partial charge in [0.05, 0.1) is 0 Å². The molecule has 0 saturated carbocycles. The Balaban J connectivity index is 2.63. The van der Waals surface area contributed by atoms with Gasteiger partial charge in [0.1, 0.15) is 0 Å². The van der Waals surface area contributed by atoms with Crippen molar-refractivity contribution in [3.63, 3.8) is 0 Å². The van der Waals surface area contributed by atoms with Gasteiger partial charge in [0, 0.05) is 0 Å². The molecule has 3 aromatic rings. The number of aromatic nitrogens is 1. The van der Waals surface area contributed by atoms with Crippen molar-refractivity contribution in [3.05, 3.63) is 42.5 Å². The maximum atomic E-state index is 2.59. The van der Waals surface area contributed by atoms with Crippen molar-refractivity contribution in [3.8, 4) is 0 Å². The molecule has 1 heterocycles. The normalized spacial score (nSPS) is 11.3. The predicted molar refractivity (Wildman–Crippen MR) is 67.2 cm³/mol. The number of hydrogen-bond donors (Lipinski definition) is 0. The van der Waals surface area contributed by atoms with E-state index in [1.165, 1.54) is 26.3 Å². The van der Waals surface area contributed by atoms with Crippen molar-refractivity contribution in [1.29, 1.82) is 0 Å². The van der Waals surface area contributed by atoms with E-state index in [1.807, 2.05) is 0 Å². The molecule has 0 unspecified atom stereocenters. The monoisotopic (exact) mass is 261 g/mol. The third kappa shape index (κ3) is 1.22. The van der Waals surface area contributed by atoms with Crippen molar-refractivity contribution >= 4 is 42.3 Å². The van der Waals surface area contributed by atoms with E-state index in [-0.39, 0.29) is 0 Å². The topological polar surface area (TPSA) is 4.93 Å². The number of hydrogen-bond acceptors (Lipinski definition) is 0. The van der Waals surface area contributed by atoms with Crippen LogP contribution in [0.3, 0.4) is 0 Å². The van der Waals surface area contributed by atoms with Crippen LogP contribution < -0.4 is 4.46 Å². The summed E-state index contributed by atoms with van der Waals surface area (Å²) < 4.78 is 3.50. The first kappa shape index (κ1) is 9.02. The summed E-state index contributed by atoms with van der Waals surface area (Å²) in [6.07, 6.45) is 0. The molecule has 0 aliphatic rings. The molecule has 2 aromatic carbocycles. The fraction of sp³-hybridized carbons (Fsp3) is 0.0769. The van der Waals surface area contributed by atoms with E-state index in [9.17, 15) is 0 Å². The SMILES string of the molecule is Cn1c2ccccc2c2ccc([SeH])cc21. The summed E-state index contributed by atoms with van der Waals surface area (Å²) in [5.74, 6) is 0. The van der Waals surface area contributed by atoms with Gasteiger partial charge >= 0.3 is 96.4 Å². The molecule has 0 amide bonds. The average Bonchev–Trinajstić information content (AvgIpc) is 2.54. The van der Waals surface area contributed by atoms with Gasteiger partial charge in [0.2, 0.25) is 0 Å². The molecule has 0 aliphatic carbocycles. The number of aryl methyl sites for hydroxylation is 1. The van der Waals surface area contributed by atoms with Crippen molar-refractivity contribution < 1.29 is 0 Å². The van der Waals surface area contributed by atoms with Gasteiger partial charge in [-0.3, -0.25) is 0 Å². The number of para-hydroxylation sites is 1. The van der Waals surface area contributed by atoms with Crippen LogP contribution in [0.25, 0.3) is 21.8 Å². The summed E-state index contributed by atoms with van der Waals surface area (Å²) in [5.41, 5.74) is 2.60. The zero-order valence-corrected chi connectivity index (χ0v) is 10.3. The molecule has 0 aliphatic heterocycles. The van der Waals surface area contributed by atoms with E-state index in [1.54, 1.807) is 0 Å². The summed E-state index contributed by atoms with van der Waals surface area (Å²) in [5, 5.41) is 2.67. The van der Waals surface area contributed by atoms with Gasteiger partial charge in [0.25, 0.3) is 0 Å². The molecule has 0 saturated heterocycles. The summed E-state index contributed by atoms with van der Waals surface area (Å²) >= 11 is 2.59. The van der Waals surface area contributed by atoms with Crippen LogP contribution in [0.15, 0.2) is 42.5 Å². The summed E-state index contributed by atoms with van der Waals surface area (Å²) in [7, 11) is 2.12. The number of benzene rings is 2. The quantitative estimate of drug-likeness (QED) is 0.544. The van der Waals surface area contributed by atoms with Gasteiger partial charge in [-0.15, -0.1) is 0 Å². The molecule has 0 atom stereocenters. The van der Waals surface area contributed by atoms with E-state index >= 15 is 0 Å². The molecule has 0 N–H and O–H groups in total. The third-order valence-electron chi connectivity index (χ3n) is 2.90. The van der Waals surface area contributed by atoms with Crippen LogP contribution in [0.2, 0.25) is 0 Å². The van der Waals surface area contributed by atoms with Crippen LogP contribution in [-0.4, -0.2) is 20.6 Å². The fourth-order valence-corrected chi connectivity index (χ4v) is 2.56. The van der Waals surface area contributed by atoms with E-state index in [2.05, 4.69) is 70.1 Å². The average molecular weight is 260 g/mol. The van der Waals surface area contributed by atoms with Gasteiger partial charge in [0.15, 0.2) is 0 Å². The standard InChI is InChI=1S/C13H11NSe/c1-14-12-5-3-2-4-10(12)11-7-6-9(15)8-13(11)14/h2-8,15H,1H3. The zero-order valence-electron chi connectivity index (χ0n) is 8.44. The molecule has 1 aromatic heterocycles. The molecular formula is C13H11NSe. The maximum absolute atomic E-state index is 2.59. The van der Waals surface area contributed by atoms with Crippen LogP contribution >= 0.6 is 0 Å². The Bertz CT molecular complexity index is 652. The van der Waals surface area contributed by atoms with Crippen LogP contribution in [0.4, 0.5) is 0 Å². The minimum atomic E-state index is 1.25. The summed E-state index contributed by atoms with van der Waals surface area (Å²) in [6.45, 7) is 0. The molecule has 0 spiro atoms. The van der Waals surface area contributed by atoms with E-state index in [4.69, 9.17) is 0 Å². The van der Waals surface area contributed by atoms with E-state index < -0.39 is 0 Å². The first-order chi connectivity index (χ1) is 7.27. The molecular weight excluding hydrogens is 249 g/mol. The number of nitrogens with zero attached hydrogens (tertiary/aromatic N) is 1. The second-order valence-electron chi connectivity index (χ2n) is 3.78. The fourth-order valence-electron chi connectivity index (χ4n) is 2.15. The van der Waals surface area contributed by atoms with Crippen LogP contribution in [-0.2, 0) is 7.05 Å². The number of fused-ring (bicyclic) bond motifs is 3. The molecule has 15 heavy (non-hydrogen) atoms. The Morgan fingerprint density at radius 3 is 2.53 bits per heavy atom.